The summed E-state index contributed by atoms with van der Waals surface area (Å²) in [4.78, 5) is 10.8. The molecular weight excluding hydrogens is 207 g/mol. The zero-order valence-electron chi connectivity index (χ0n) is 7.72. The Balaban J connectivity index is 2.66. The molecule has 1 aromatic carbocycles. The summed E-state index contributed by atoms with van der Waals surface area (Å²) in [5, 5.41) is 0.464. The van der Waals surface area contributed by atoms with Crippen molar-refractivity contribution in [3.8, 4) is 0 Å². The second-order valence-corrected chi connectivity index (χ2v) is 3.25. The van der Waals surface area contributed by atoms with E-state index in [1.54, 1.807) is 0 Å². The summed E-state index contributed by atoms with van der Waals surface area (Å²) in [6, 6.07) is 4.27. The molecule has 1 aromatic rings. The molecule has 0 fully saturated rings. The van der Waals surface area contributed by atoms with E-state index >= 15 is 0 Å². The smallest absolute Gasteiger partial charge is 0.305 e. The Kier molecular flexibility index (Phi) is 3.89. The van der Waals surface area contributed by atoms with Gasteiger partial charge in [0, 0.05) is 11.4 Å². The van der Waals surface area contributed by atoms with Crippen molar-refractivity contribution in [2.45, 2.75) is 12.8 Å². The number of hydrogen-bond acceptors (Lipinski definition) is 2. The largest absolute Gasteiger partial charge is 0.469 e. The van der Waals surface area contributed by atoms with Gasteiger partial charge in [-0.15, -0.1) is 0 Å². The fourth-order valence-corrected chi connectivity index (χ4v) is 1.27. The SMILES string of the molecule is COC(=O)CCc1cc(Cl)ccc1F. The molecule has 0 aliphatic heterocycles. The van der Waals surface area contributed by atoms with Crippen LogP contribution >= 0.6 is 11.6 Å². The summed E-state index contributed by atoms with van der Waals surface area (Å²) in [6.45, 7) is 0. The lowest BCUT2D eigenvalue weighted by Crippen LogP contribution is -2.03. The van der Waals surface area contributed by atoms with Crippen LogP contribution in [0.2, 0.25) is 5.02 Å². The van der Waals surface area contributed by atoms with Crippen molar-refractivity contribution in [2.24, 2.45) is 0 Å². The van der Waals surface area contributed by atoms with Gasteiger partial charge in [0.15, 0.2) is 0 Å². The number of carbonyl (C=O) groups excluding carboxylic acids is 1. The number of carbonyl (C=O) groups is 1. The Bertz CT molecular complexity index is 339. The van der Waals surface area contributed by atoms with Gasteiger partial charge < -0.3 is 4.74 Å². The summed E-state index contributed by atoms with van der Waals surface area (Å²) in [7, 11) is 1.30. The average Bonchev–Trinajstić information content (AvgIpc) is 2.19. The van der Waals surface area contributed by atoms with E-state index in [0.717, 1.165) is 0 Å². The van der Waals surface area contributed by atoms with Gasteiger partial charge >= 0.3 is 5.97 Å². The third-order valence-corrected chi connectivity index (χ3v) is 2.07. The lowest BCUT2D eigenvalue weighted by atomic mass is 10.1. The Hall–Kier alpha value is -1.09. The van der Waals surface area contributed by atoms with Gasteiger partial charge in [-0.3, -0.25) is 4.79 Å². The van der Waals surface area contributed by atoms with Crippen molar-refractivity contribution >= 4 is 17.6 Å². The minimum Gasteiger partial charge on any atom is -0.469 e. The van der Waals surface area contributed by atoms with Crippen molar-refractivity contribution in [1.82, 2.24) is 0 Å². The Morgan fingerprint density at radius 1 is 1.57 bits per heavy atom. The van der Waals surface area contributed by atoms with Crippen molar-refractivity contribution in [1.29, 1.82) is 0 Å². The van der Waals surface area contributed by atoms with E-state index < -0.39 is 0 Å². The number of benzene rings is 1. The topological polar surface area (TPSA) is 26.3 Å². The summed E-state index contributed by atoms with van der Waals surface area (Å²) < 4.78 is 17.6. The summed E-state index contributed by atoms with van der Waals surface area (Å²) >= 11 is 5.68. The first kappa shape index (κ1) is 11.0. The second-order valence-electron chi connectivity index (χ2n) is 2.81. The van der Waals surface area contributed by atoms with Gasteiger partial charge in [-0.25, -0.2) is 4.39 Å². The van der Waals surface area contributed by atoms with Crippen LogP contribution in [-0.4, -0.2) is 13.1 Å². The molecular formula is C10H10ClFO2. The molecule has 0 radical (unpaired) electrons. The van der Waals surface area contributed by atoms with Gasteiger partial charge in [-0.2, -0.15) is 0 Å². The number of methoxy groups -OCH3 is 1. The molecule has 0 unspecified atom stereocenters. The number of halogens is 2. The number of hydrogen-bond donors (Lipinski definition) is 0. The molecule has 14 heavy (non-hydrogen) atoms. The predicted octanol–water partition coefficient (Wildman–Crippen LogP) is 2.58. The van der Waals surface area contributed by atoms with E-state index in [9.17, 15) is 9.18 Å². The third kappa shape index (κ3) is 3.00. The Morgan fingerprint density at radius 2 is 2.29 bits per heavy atom. The van der Waals surface area contributed by atoms with Crippen LogP contribution in [0, 0.1) is 5.82 Å². The second kappa shape index (κ2) is 4.96. The molecule has 0 aliphatic carbocycles. The quantitative estimate of drug-likeness (QED) is 0.726. The normalized spacial score (nSPS) is 9.93. The van der Waals surface area contributed by atoms with E-state index in [4.69, 9.17) is 11.6 Å². The van der Waals surface area contributed by atoms with Gasteiger partial charge in [0.2, 0.25) is 0 Å². The highest BCUT2D eigenvalue weighted by atomic mass is 35.5. The van der Waals surface area contributed by atoms with Crippen molar-refractivity contribution in [3.63, 3.8) is 0 Å². The monoisotopic (exact) mass is 216 g/mol. The molecule has 0 aromatic heterocycles. The number of esters is 1. The maximum atomic E-state index is 13.1. The van der Waals surface area contributed by atoms with Crippen LogP contribution in [0.15, 0.2) is 18.2 Å². The van der Waals surface area contributed by atoms with Crippen LogP contribution in [0.3, 0.4) is 0 Å². The number of aryl methyl sites for hydroxylation is 1. The minimum absolute atomic E-state index is 0.160. The fourth-order valence-electron chi connectivity index (χ4n) is 1.07. The van der Waals surface area contributed by atoms with E-state index in [0.29, 0.717) is 17.0 Å². The van der Waals surface area contributed by atoms with E-state index in [-0.39, 0.29) is 18.2 Å². The first-order valence-corrected chi connectivity index (χ1v) is 4.52. The fraction of sp³-hybridized carbons (Fsp3) is 0.300. The Morgan fingerprint density at radius 3 is 2.93 bits per heavy atom. The third-order valence-electron chi connectivity index (χ3n) is 1.83. The van der Waals surface area contributed by atoms with Gasteiger partial charge in [0.05, 0.1) is 7.11 Å². The highest BCUT2D eigenvalue weighted by molar-refractivity contribution is 6.30. The van der Waals surface area contributed by atoms with Crippen molar-refractivity contribution in [3.05, 3.63) is 34.6 Å². The zero-order chi connectivity index (χ0) is 10.6. The first-order valence-electron chi connectivity index (χ1n) is 4.14. The van der Waals surface area contributed by atoms with Gasteiger partial charge in [0.1, 0.15) is 5.82 Å². The summed E-state index contributed by atoms with van der Waals surface area (Å²) in [5.41, 5.74) is 0.433. The van der Waals surface area contributed by atoms with Crippen LogP contribution in [0.4, 0.5) is 4.39 Å². The number of ether oxygens (including phenoxy) is 1. The summed E-state index contributed by atoms with van der Waals surface area (Å²) in [5.74, 6) is -0.706. The highest BCUT2D eigenvalue weighted by Gasteiger charge is 2.06. The molecule has 0 amide bonds. The molecule has 0 N–H and O–H groups in total. The van der Waals surface area contributed by atoms with Gasteiger partial charge in [0.25, 0.3) is 0 Å². The van der Waals surface area contributed by atoms with E-state index in [1.165, 1.54) is 25.3 Å². The minimum atomic E-state index is -0.357. The molecule has 0 saturated heterocycles. The van der Waals surface area contributed by atoms with Crippen molar-refractivity contribution in [2.75, 3.05) is 7.11 Å². The Labute approximate surface area is 86.6 Å². The summed E-state index contributed by atoms with van der Waals surface area (Å²) in [6.07, 6.45) is 0.465. The van der Waals surface area contributed by atoms with Gasteiger partial charge in [-0.1, -0.05) is 11.6 Å². The van der Waals surface area contributed by atoms with E-state index in [2.05, 4.69) is 4.74 Å². The molecule has 2 nitrogen and oxygen atoms in total. The molecule has 0 saturated carbocycles. The maximum Gasteiger partial charge on any atom is 0.305 e. The van der Waals surface area contributed by atoms with Crippen LogP contribution in [-0.2, 0) is 16.0 Å². The lowest BCUT2D eigenvalue weighted by molar-refractivity contribution is -0.140. The molecule has 0 atom stereocenters. The van der Waals surface area contributed by atoms with Crippen LogP contribution < -0.4 is 0 Å². The van der Waals surface area contributed by atoms with E-state index in [1.807, 2.05) is 0 Å². The number of rotatable bonds is 3. The molecule has 1 rings (SSSR count). The average molecular weight is 217 g/mol. The van der Waals surface area contributed by atoms with Crippen LogP contribution in [0.1, 0.15) is 12.0 Å². The van der Waals surface area contributed by atoms with Gasteiger partial charge in [-0.05, 0) is 30.2 Å². The molecule has 76 valence electrons. The predicted molar refractivity (Wildman–Crippen MR) is 51.7 cm³/mol. The lowest BCUT2D eigenvalue weighted by Gasteiger charge is -2.02. The standard InChI is InChI=1S/C10H10ClFO2/c1-14-10(13)5-2-7-6-8(11)3-4-9(7)12/h3-4,6H,2,5H2,1H3. The molecule has 0 aliphatic rings. The molecule has 0 heterocycles. The first-order chi connectivity index (χ1) is 6.63. The van der Waals surface area contributed by atoms with Crippen LogP contribution in [0.5, 0.6) is 0 Å². The molecule has 0 bridgehead atoms. The highest BCUT2D eigenvalue weighted by Crippen LogP contribution is 2.16. The maximum absolute atomic E-state index is 13.1. The molecule has 4 heteroatoms. The zero-order valence-corrected chi connectivity index (χ0v) is 8.47. The van der Waals surface area contributed by atoms with Crippen LogP contribution in [0.25, 0.3) is 0 Å². The molecule has 0 spiro atoms. The van der Waals surface area contributed by atoms with Crippen molar-refractivity contribution < 1.29 is 13.9 Å².